The Morgan fingerprint density at radius 1 is 0.833 bits per heavy atom. The van der Waals surface area contributed by atoms with Gasteiger partial charge >= 0.3 is 0 Å². The Bertz CT molecular complexity index is 506. The Morgan fingerprint density at radius 3 is 2.11 bits per heavy atom. The van der Waals surface area contributed by atoms with Crippen molar-refractivity contribution in [2.75, 3.05) is 26.1 Å². The van der Waals surface area contributed by atoms with E-state index in [9.17, 15) is 0 Å². The fraction of sp³-hybridized carbons (Fsp3) is 0.200. The summed E-state index contributed by atoms with van der Waals surface area (Å²) in [5.41, 5.74) is 1.11. The molecule has 0 radical (unpaired) electrons. The van der Waals surface area contributed by atoms with Crippen molar-refractivity contribution in [1.82, 2.24) is 0 Å². The van der Waals surface area contributed by atoms with E-state index in [1.165, 1.54) is 0 Å². The van der Waals surface area contributed by atoms with Crippen molar-refractivity contribution in [3.8, 4) is 17.2 Å². The molecule has 0 N–H and O–H groups in total. The third kappa shape index (κ3) is 2.94. The Morgan fingerprint density at radius 2 is 1.50 bits per heavy atom. The van der Waals surface area contributed by atoms with E-state index in [-0.39, 0.29) is 0 Å². The van der Waals surface area contributed by atoms with E-state index < -0.39 is 0 Å². The first-order valence-electron chi connectivity index (χ1n) is 5.78. The zero-order valence-electron chi connectivity index (χ0n) is 10.9. The molecular formula is C15H17NO2. The largest absolute Gasteiger partial charge is 0.497 e. The van der Waals surface area contributed by atoms with Gasteiger partial charge in [0, 0.05) is 25.8 Å². The summed E-state index contributed by atoms with van der Waals surface area (Å²) in [6.45, 7) is 0. The van der Waals surface area contributed by atoms with E-state index >= 15 is 0 Å². The fourth-order valence-electron chi connectivity index (χ4n) is 1.61. The molecule has 2 aromatic rings. The lowest BCUT2D eigenvalue weighted by atomic mass is 10.3. The Hall–Kier alpha value is -2.16. The number of nitrogens with zero attached hydrogens (tertiary/aromatic N) is 1. The monoisotopic (exact) mass is 243 g/mol. The van der Waals surface area contributed by atoms with Crippen molar-refractivity contribution in [2.24, 2.45) is 0 Å². The third-order valence-electron chi connectivity index (χ3n) is 2.63. The van der Waals surface area contributed by atoms with Crippen LogP contribution in [0.1, 0.15) is 0 Å². The minimum absolute atomic E-state index is 0.798. The van der Waals surface area contributed by atoms with Crippen LogP contribution < -0.4 is 14.4 Å². The lowest BCUT2D eigenvalue weighted by Crippen LogP contribution is -2.08. The maximum Gasteiger partial charge on any atom is 0.129 e. The molecule has 0 saturated carbocycles. The number of hydrogen-bond acceptors (Lipinski definition) is 3. The van der Waals surface area contributed by atoms with Gasteiger partial charge < -0.3 is 14.4 Å². The Labute approximate surface area is 108 Å². The average molecular weight is 243 g/mol. The van der Waals surface area contributed by atoms with Crippen molar-refractivity contribution in [2.45, 2.75) is 0 Å². The molecule has 0 aliphatic rings. The number of methoxy groups -OCH3 is 1. The van der Waals surface area contributed by atoms with Crippen LogP contribution in [0.15, 0.2) is 48.5 Å². The van der Waals surface area contributed by atoms with Crippen LogP contribution in [-0.2, 0) is 0 Å². The smallest absolute Gasteiger partial charge is 0.129 e. The number of ether oxygens (including phenoxy) is 2. The second kappa shape index (κ2) is 5.45. The summed E-state index contributed by atoms with van der Waals surface area (Å²) in [5, 5.41) is 0. The highest BCUT2D eigenvalue weighted by Crippen LogP contribution is 2.26. The van der Waals surface area contributed by atoms with Crippen molar-refractivity contribution in [3.63, 3.8) is 0 Å². The molecule has 0 fully saturated rings. The van der Waals surface area contributed by atoms with Gasteiger partial charge in [-0.1, -0.05) is 6.07 Å². The van der Waals surface area contributed by atoms with Crippen LogP contribution in [0.3, 0.4) is 0 Å². The van der Waals surface area contributed by atoms with Crippen molar-refractivity contribution >= 4 is 5.69 Å². The van der Waals surface area contributed by atoms with Crippen LogP contribution in [0.4, 0.5) is 5.69 Å². The first-order chi connectivity index (χ1) is 8.69. The van der Waals surface area contributed by atoms with E-state index in [4.69, 9.17) is 9.47 Å². The van der Waals surface area contributed by atoms with E-state index in [1.807, 2.05) is 67.5 Å². The average Bonchev–Trinajstić information content (AvgIpc) is 2.40. The molecule has 3 nitrogen and oxygen atoms in total. The van der Waals surface area contributed by atoms with E-state index in [2.05, 4.69) is 0 Å². The van der Waals surface area contributed by atoms with Gasteiger partial charge in [0.15, 0.2) is 0 Å². The molecule has 0 aliphatic carbocycles. The lowest BCUT2D eigenvalue weighted by molar-refractivity contribution is 0.413. The number of anilines is 1. The Kier molecular flexibility index (Phi) is 3.72. The molecule has 3 heteroatoms. The van der Waals surface area contributed by atoms with Crippen molar-refractivity contribution in [3.05, 3.63) is 48.5 Å². The van der Waals surface area contributed by atoms with Gasteiger partial charge in [-0.25, -0.2) is 0 Å². The molecule has 2 rings (SSSR count). The highest BCUT2D eigenvalue weighted by molar-refractivity contribution is 5.50. The number of benzene rings is 2. The first-order valence-corrected chi connectivity index (χ1v) is 5.78. The van der Waals surface area contributed by atoms with Gasteiger partial charge in [0.2, 0.25) is 0 Å². The Balaban J connectivity index is 2.15. The summed E-state index contributed by atoms with van der Waals surface area (Å²) in [5.74, 6) is 2.45. The summed E-state index contributed by atoms with van der Waals surface area (Å²) >= 11 is 0. The zero-order chi connectivity index (χ0) is 13.0. The quantitative estimate of drug-likeness (QED) is 0.819. The van der Waals surface area contributed by atoms with E-state index in [0.717, 1.165) is 22.9 Å². The van der Waals surface area contributed by atoms with Gasteiger partial charge in [-0.15, -0.1) is 0 Å². The molecule has 0 saturated heterocycles. The third-order valence-corrected chi connectivity index (χ3v) is 2.63. The normalized spacial score (nSPS) is 9.94. The van der Waals surface area contributed by atoms with Crippen LogP contribution in [0.5, 0.6) is 17.2 Å². The lowest BCUT2D eigenvalue weighted by Gasteiger charge is -2.14. The minimum atomic E-state index is 0.798. The molecule has 94 valence electrons. The van der Waals surface area contributed by atoms with Gasteiger partial charge in [-0.2, -0.15) is 0 Å². The highest BCUT2D eigenvalue weighted by Gasteiger charge is 2.00. The summed E-state index contributed by atoms with van der Waals surface area (Å²) < 4.78 is 10.9. The van der Waals surface area contributed by atoms with Crippen LogP contribution >= 0.6 is 0 Å². The van der Waals surface area contributed by atoms with Crippen LogP contribution in [0.25, 0.3) is 0 Å². The maximum absolute atomic E-state index is 5.79. The molecule has 0 unspecified atom stereocenters. The first kappa shape index (κ1) is 12.3. The molecule has 0 bridgehead atoms. The molecule has 0 aliphatic heterocycles. The van der Waals surface area contributed by atoms with Gasteiger partial charge in [-0.3, -0.25) is 0 Å². The predicted octanol–water partition coefficient (Wildman–Crippen LogP) is 3.55. The fourth-order valence-corrected chi connectivity index (χ4v) is 1.61. The van der Waals surface area contributed by atoms with Crippen molar-refractivity contribution < 1.29 is 9.47 Å². The molecule has 0 aromatic heterocycles. The maximum atomic E-state index is 5.79. The van der Waals surface area contributed by atoms with Crippen molar-refractivity contribution in [1.29, 1.82) is 0 Å². The number of hydrogen-bond donors (Lipinski definition) is 0. The summed E-state index contributed by atoms with van der Waals surface area (Å²) in [6, 6.07) is 15.5. The molecule has 0 heterocycles. The second-order valence-electron chi connectivity index (χ2n) is 4.17. The van der Waals surface area contributed by atoms with E-state index in [0.29, 0.717) is 0 Å². The highest BCUT2D eigenvalue weighted by atomic mass is 16.5. The topological polar surface area (TPSA) is 21.7 Å². The minimum Gasteiger partial charge on any atom is -0.497 e. The molecule has 2 aromatic carbocycles. The van der Waals surface area contributed by atoms with Crippen LogP contribution in [0, 0.1) is 0 Å². The SMILES string of the molecule is COc1ccc(Oc2cccc(N(C)C)c2)cc1. The van der Waals surface area contributed by atoms with Gasteiger partial charge in [0.05, 0.1) is 7.11 Å². The van der Waals surface area contributed by atoms with Gasteiger partial charge in [-0.05, 0) is 36.4 Å². The van der Waals surface area contributed by atoms with Gasteiger partial charge in [0.25, 0.3) is 0 Å². The molecular weight excluding hydrogens is 226 g/mol. The van der Waals surface area contributed by atoms with Crippen LogP contribution in [0.2, 0.25) is 0 Å². The predicted molar refractivity (Wildman–Crippen MR) is 73.8 cm³/mol. The summed E-state index contributed by atoms with van der Waals surface area (Å²) in [6.07, 6.45) is 0. The number of rotatable bonds is 4. The molecule has 0 spiro atoms. The van der Waals surface area contributed by atoms with Crippen LogP contribution in [-0.4, -0.2) is 21.2 Å². The zero-order valence-corrected chi connectivity index (χ0v) is 10.9. The molecule has 18 heavy (non-hydrogen) atoms. The van der Waals surface area contributed by atoms with Gasteiger partial charge in [0.1, 0.15) is 17.2 Å². The molecule has 0 amide bonds. The summed E-state index contributed by atoms with van der Waals surface area (Å²) in [7, 11) is 5.66. The summed E-state index contributed by atoms with van der Waals surface area (Å²) in [4.78, 5) is 2.04. The standard InChI is InChI=1S/C15H17NO2/c1-16(2)12-5-4-6-15(11-12)18-14-9-7-13(17-3)8-10-14/h4-11H,1-3H3. The van der Waals surface area contributed by atoms with E-state index in [1.54, 1.807) is 7.11 Å². The second-order valence-corrected chi connectivity index (χ2v) is 4.17. The molecule has 0 atom stereocenters.